The van der Waals surface area contributed by atoms with Crippen molar-refractivity contribution in [2.24, 2.45) is 5.92 Å². The molecule has 1 saturated heterocycles. The maximum absolute atomic E-state index is 6.03. The van der Waals surface area contributed by atoms with Crippen LogP contribution in [0.15, 0.2) is 0 Å². The fourth-order valence-electron chi connectivity index (χ4n) is 1.77. The van der Waals surface area contributed by atoms with Gasteiger partial charge in [0.2, 0.25) is 0 Å². The fraction of sp³-hybridized carbons (Fsp3) is 1.00. The highest BCUT2D eigenvalue weighted by Crippen LogP contribution is 2.24. The van der Waals surface area contributed by atoms with Crippen molar-refractivity contribution in [2.75, 3.05) is 0 Å². The average molecular weight is 191 g/mol. The highest BCUT2D eigenvalue weighted by molar-refractivity contribution is 6.13. The zero-order valence-corrected chi connectivity index (χ0v) is 8.93. The Morgan fingerprint density at radius 1 is 1.58 bits per heavy atom. The maximum atomic E-state index is 6.03. The smallest absolute Gasteiger partial charge is 0.0446 e. The van der Waals surface area contributed by atoms with Crippen molar-refractivity contribution in [3.63, 3.8) is 0 Å². The lowest BCUT2D eigenvalue weighted by atomic mass is 9.98. The molecule has 2 atom stereocenters. The number of hydrogen-bond acceptors (Lipinski definition) is 2. The van der Waals surface area contributed by atoms with Gasteiger partial charge in [0.15, 0.2) is 0 Å². The minimum Gasteiger partial charge on any atom is -0.238 e. The molecule has 1 aliphatic heterocycles. The third-order valence-electron chi connectivity index (χ3n) is 2.53. The van der Waals surface area contributed by atoms with Gasteiger partial charge >= 0.3 is 0 Å². The van der Waals surface area contributed by atoms with E-state index in [-0.39, 0.29) is 0 Å². The third kappa shape index (κ3) is 2.35. The minimum absolute atomic E-state index is 0.503. The molecule has 0 aromatic heterocycles. The molecule has 0 bridgehead atoms. The van der Waals surface area contributed by atoms with Crippen molar-refractivity contribution in [1.29, 1.82) is 0 Å². The van der Waals surface area contributed by atoms with E-state index in [1.165, 1.54) is 19.3 Å². The van der Waals surface area contributed by atoms with Crippen LogP contribution in [0.5, 0.6) is 0 Å². The van der Waals surface area contributed by atoms with Crippen molar-refractivity contribution >= 4 is 11.8 Å². The molecule has 1 heterocycles. The molecule has 12 heavy (non-hydrogen) atoms. The topological polar surface area (TPSA) is 15.3 Å². The first-order valence-electron chi connectivity index (χ1n) is 4.86. The molecule has 0 aromatic rings. The summed E-state index contributed by atoms with van der Waals surface area (Å²) >= 11 is 6.03. The lowest BCUT2D eigenvalue weighted by Crippen LogP contribution is -2.33. The van der Waals surface area contributed by atoms with Crippen LogP contribution in [0.4, 0.5) is 0 Å². The lowest BCUT2D eigenvalue weighted by molar-refractivity contribution is 0.276. The summed E-state index contributed by atoms with van der Waals surface area (Å²) in [6.45, 7) is 6.65. The van der Waals surface area contributed by atoms with Crippen LogP contribution in [0.3, 0.4) is 0 Å². The largest absolute Gasteiger partial charge is 0.238 e. The lowest BCUT2D eigenvalue weighted by Gasteiger charge is -2.18. The summed E-state index contributed by atoms with van der Waals surface area (Å²) in [4.78, 5) is 0. The molecule has 2 nitrogen and oxygen atoms in total. The predicted octanol–water partition coefficient (Wildman–Crippen LogP) is 2.54. The van der Waals surface area contributed by atoms with E-state index in [1.54, 1.807) is 4.53 Å². The van der Waals surface area contributed by atoms with Crippen molar-refractivity contribution in [3.8, 4) is 0 Å². The first kappa shape index (κ1) is 10.3. The van der Waals surface area contributed by atoms with Crippen LogP contribution < -0.4 is 5.43 Å². The molecule has 0 saturated carbocycles. The first-order valence-corrected chi connectivity index (χ1v) is 5.20. The number of rotatable bonds is 3. The molecule has 3 heteroatoms. The highest BCUT2D eigenvalue weighted by atomic mass is 35.5. The molecule has 72 valence electrons. The van der Waals surface area contributed by atoms with E-state index in [2.05, 4.69) is 26.2 Å². The van der Waals surface area contributed by atoms with Crippen LogP contribution in [-0.4, -0.2) is 16.6 Å². The Morgan fingerprint density at radius 2 is 2.25 bits per heavy atom. The molecule has 0 radical (unpaired) electrons. The van der Waals surface area contributed by atoms with Gasteiger partial charge < -0.3 is 0 Å². The van der Waals surface area contributed by atoms with Crippen molar-refractivity contribution < 1.29 is 0 Å². The molecule has 2 unspecified atom stereocenters. The predicted molar refractivity (Wildman–Crippen MR) is 52.8 cm³/mol. The molecule has 1 N–H and O–H groups in total. The van der Waals surface area contributed by atoms with Gasteiger partial charge in [0, 0.05) is 12.1 Å². The highest BCUT2D eigenvalue weighted by Gasteiger charge is 2.31. The van der Waals surface area contributed by atoms with Crippen LogP contribution in [0, 0.1) is 5.92 Å². The maximum Gasteiger partial charge on any atom is 0.0446 e. The van der Waals surface area contributed by atoms with Gasteiger partial charge in [0.25, 0.3) is 0 Å². The Bertz CT molecular complexity index is 138. The molecule has 0 aliphatic carbocycles. The van der Waals surface area contributed by atoms with Gasteiger partial charge in [-0.15, -0.1) is 0 Å². The Kier molecular flexibility index (Phi) is 3.81. The average Bonchev–Trinajstić information content (AvgIpc) is 2.32. The van der Waals surface area contributed by atoms with E-state index in [4.69, 9.17) is 11.8 Å². The number of nitrogens with zero attached hydrogens (tertiary/aromatic N) is 1. The summed E-state index contributed by atoms with van der Waals surface area (Å²) < 4.78 is 1.77. The molecule has 0 amide bonds. The van der Waals surface area contributed by atoms with Crippen LogP contribution in [-0.2, 0) is 0 Å². The molecule has 1 aliphatic rings. The Hall–Kier alpha value is 0.210. The second kappa shape index (κ2) is 4.45. The van der Waals surface area contributed by atoms with E-state index >= 15 is 0 Å². The van der Waals surface area contributed by atoms with E-state index in [1.807, 2.05) is 0 Å². The van der Waals surface area contributed by atoms with Gasteiger partial charge in [-0.2, -0.15) is 4.53 Å². The molecule has 1 fully saturated rings. The molecule has 0 spiro atoms. The van der Waals surface area contributed by atoms with E-state index in [0.29, 0.717) is 18.0 Å². The van der Waals surface area contributed by atoms with Gasteiger partial charge in [0.1, 0.15) is 0 Å². The quantitative estimate of drug-likeness (QED) is 0.689. The minimum atomic E-state index is 0.503. The summed E-state index contributed by atoms with van der Waals surface area (Å²) in [6.07, 6.45) is 3.65. The standard InChI is InChI=1S/C9H19ClN2/c1-4-5-8-6-9(7(2)3)12(10)11-8/h7-9,11H,4-6H2,1-3H3. The molecule has 0 aromatic carbocycles. The normalized spacial score (nSPS) is 31.8. The number of halogens is 1. The summed E-state index contributed by atoms with van der Waals surface area (Å²) in [6, 6.07) is 1.10. The fourth-order valence-corrected chi connectivity index (χ4v) is 2.21. The second-order valence-corrected chi connectivity index (χ2v) is 4.34. The number of hydrazine groups is 1. The van der Waals surface area contributed by atoms with Gasteiger partial charge in [-0.05, 0) is 30.5 Å². The number of hydrogen-bond donors (Lipinski definition) is 1. The van der Waals surface area contributed by atoms with E-state index in [9.17, 15) is 0 Å². The SMILES string of the molecule is CCCC1CC(C(C)C)N(Cl)N1. The zero-order valence-electron chi connectivity index (χ0n) is 8.18. The summed E-state index contributed by atoms with van der Waals surface area (Å²) in [5.74, 6) is 0.636. The van der Waals surface area contributed by atoms with Gasteiger partial charge in [-0.3, -0.25) is 0 Å². The van der Waals surface area contributed by atoms with Crippen LogP contribution >= 0.6 is 11.8 Å². The molecular weight excluding hydrogens is 172 g/mol. The van der Waals surface area contributed by atoms with Crippen LogP contribution in [0.1, 0.15) is 40.0 Å². The number of nitrogens with one attached hydrogen (secondary N) is 1. The van der Waals surface area contributed by atoms with Gasteiger partial charge in [0.05, 0.1) is 0 Å². The monoisotopic (exact) mass is 190 g/mol. The third-order valence-corrected chi connectivity index (χ3v) is 2.88. The van der Waals surface area contributed by atoms with E-state index in [0.717, 1.165) is 0 Å². The Labute approximate surface area is 80.3 Å². The van der Waals surface area contributed by atoms with Gasteiger partial charge in [-0.1, -0.05) is 27.2 Å². The van der Waals surface area contributed by atoms with Crippen molar-refractivity contribution in [2.45, 2.75) is 52.1 Å². The second-order valence-electron chi connectivity index (χ2n) is 3.97. The zero-order chi connectivity index (χ0) is 9.14. The Morgan fingerprint density at radius 3 is 2.67 bits per heavy atom. The molecular formula is C9H19ClN2. The summed E-state index contributed by atoms with van der Waals surface area (Å²) in [5, 5.41) is 0. The summed E-state index contributed by atoms with van der Waals surface area (Å²) in [7, 11) is 0. The van der Waals surface area contributed by atoms with Crippen molar-refractivity contribution in [1.82, 2.24) is 9.95 Å². The first-order chi connectivity index (χ1) is 5.65. The Balaban J connectivity index is 2.39. The van der Waals surface area contributed by atoms with Gasteiger partial charge in [-0.25, -0.2) is 5.43 Å². The van der Waals surface area contributed by atoms with Crippen molar-refractivity contribution in [3.05, 3.63) is 0 Å². The molecule has 1 rings (SSSR count). The van der Waals surface area contributed by atoms with Crippen LogP contribution in [0.25, 0.3) is 0 Å². The summed E-state index contributed by atoms with van der Waals surface area (Å²) in [5.41, 5.74) is 3.28. The van der Waals surface area contributed by atoms with Crippen LogP contribution in [0.2, 0.25) is 0 Å². The van der Waals surface area contributed by atoms with E-state index < -0.39 is 0 Å².